The summed E-state index contributed by atoms with van der Waals surface area (Å²) < 4.78 is 0. The van der Waals surface area contributed by atoms with Crippen LogP contribution in [-0.4, -0.2) is 79.8 Å². The van der Waals surface area contributed by atoms with Gasteiger partial charge >= 0.3 is 11.9 Å². The van der Waals surface area contributed by atoms with E-state index in [0.29, 0.717) is 11.3 Å². The Labute approximate surface area is 211 Å². The van der Waals surface area contributed by atoms with Gasteiger partial charge in [0.15, 0.2) is 0 Å². The van der Waals surface area contributed by atoms with Crippen molar-refractivity contribution >= 4 is 42.3 Å². The zero-order chi connectivity index (χ0) is 26.7. The molecule has 0 aliphatic heterocycles. The van der Waals surface area contributed by atoms with Crippen LogP contribution in [-0.2, 0) is 36.8 Å². The number of amides is 3. The van der Waals surface area contributed by atoms with Gasteiger partial charge in [0.25, 0.3) is 0 Å². The van der Waals surface area contributed by atoms with Crippen LogP contribution in [0.4, 0.5) is 0 Å². The highest BCUT2D eigenvalue weighted by Gasteiger charge is 2.31. The second-order valence-corrected chi connectivity index (χ2v) is 8.24. The van der Waals surface area contributed by atoms with Gasteiger partial charge in [0.2, 0.25) is 17.7 Å². The van der Waals surface area contributed by atoms with Crippen molar-refractivity contribution in [2.45, 2.75) is 43.4 Å². The van der Waals surface area contributed by atoms with E-state index in [1.807, 2.05) is 0 Å². The number of carbonyl (C=O) groups is 5. The SMILES string of the molecule is NC(CC(=O)O)C(=O)NC(Cc1ccccc1)C(=O)NC(Cc1cnc[nH]1)C(=O)NC(CS)C(=O)O. The number of rotatable bonds is 14. The first-order valence-electron chi connectivity index (χ1n) is 10.8. The molecule has 0 fully saturated rings. The van der Waals surface area contributed by atoms with Gasteiger partial charge in [-0.05, 0) is 5.56 Å². The molecule has 8 N–H and O–H groups in total. The van der Waals surface area contributed by atoms with E-state index in [9.17, 15) is 29.1 Å². The molecular formula is C22H28N6O7S. The maximum Gasteiger partial charge on any atom is 0.327 e. The first-order chi connectivity index (χ1) is 17.1. The number of imidazole rings is 1. The van der Waals surface area contributed by atoms with Gasteiger partial charge in [-0.15, -0.1) is 0 Å². The van der Waals surface area contributed by atoms with Crippen LogP contribution in [0.25, 0.3) is 0 Å². The molecule has 0 saturated heterocycles. The smallest absolute Gasteiger partial charge is 0.327 e. The number of nitrogens with two attached hydrogens (primary N) is 1. The summed E-state index contributed by atoms with van der Waals surface area (Å²) >= 11 is 3.93. The van der Waals surface area contributed by atoms with Gasteiger partial charge in [0.05, 0.1) is 18.8 Å². The summed E-state index contributed by atoms with van der Waals surface area (Å²) in [5.41, 5.74) is 6.80. The molecule has 0 radical (unpaired) electrons. The standard InChI is InChI=1S/C22H28N6O7S/c23-14(8-18(29)30)19(31)26-15(6-12-4-2-1-3-5-12)20(32)27-16(7-13-9-24-11-25-13)21(33)28-17(10-36)22(34)35/h1-5,9,11,14-17,36H,6-8,10,23H2,(H,24,25)(H,26,31)(H,27,32)(H,28,33)(H,29,30)(H,34,35). The molecule has 1 aromatic carbocycles. The number of aromatic nitrogens is 2. The molecule has 14 heteroatoms. The Bertz CT molecular complexity index is 1050. The molecule has 13 nitrogen and oxygen atoms in total. The van der Waals surface area contributed by atoms with E-state index >= 15 is 0 Å². The van der Waals surface area contributed by atoms with Gasteiger partial charge in [0.1, 0.15) is 18.1 Å². The van der Waals surface area contributed by atoms with Crippen molar-refractivity contribution < 1.29 is 34.2 Å². The van der Waals surface area contributed by atoms with Crippen LogP contribution >= 0.6 is 12.6 Å². The van der Waals surface area contributed by atoms with E-state index in [4.69, 9.17) is 10.8 Å². The lowest BCUT2D eigenvalue weighted by Crippen LogP contribution is -2.58. The summed E-state index contributed by atoms with van der Waals surface area (Å²) in [5.74, 6) is -5.16. The number of nitrogens with one attached hydrogen (secondary N) is 4. The minimum absolute atomic E-state index is 0.0188. The molecule has 0 aliphatic rings. The van der Waals surface area contributed by atoms with Crippen molar-refractivity contribution in [1.29, 1.82) is 0 Å². The number of H-pyrrole nitrogens is 1. The summed E-state index contributed by atoms with van der Waals surface area (Å²) in [6.07, 6.45) is 2.14. The summed E-state index contributed by atoms with van der Waals surface area (Å²) in [6, 6.07) is 3.55. The lowest BCUT2D eigenvalue weighted by atomic mass is 10.0. The molecule has 0 bridgehead atoms. The fourth-order valence-corrected chi connectivity index (χ4v) is 3.42. The van der Waals surface area contributed by atoms with E-state index in [1.54, 1.807) is 30.3 Å². The van der Waals surface area contributed by atoms with Crippen LogP contribution in [0.1, 0.15) is 17.7 Å². The van der Waals surface area contributed by atoms with Crippen molar-refractivity contribution in [2.75, 3.05) is 5.75 Å². The van der Waals surface area contributed by atoms with Crippen molar-refractivity contribution in [2.24, 2.45) is 5.73 Å². The Kier molecular flexibility index (Phi) is 10.9. The topological polar surface area (TPSA) is 217 Å². The molecule has 2 aromatic rings. The maximum atomic E-state index is 13.2. The zero-order valence-corrected chi connectivity index (χ0v) is 20.0. The Morgan fingerprint density at radius 2 is 1.50 bits per heavy atom. The molecule has 4 unspecified atom stereocenters. The van der Waals surface area contributed by atoms with E-state index < -0.39 is 60.2 Å². The van der Waals surface area contributed by atoms with Crippen molar-refractivity contribution in [1.82, 2.24) is 25.9 Å². The molecule has 36 heavy (non-hydrogen) atoms. The Hall–Kier alpha value is -3.91. The minimum atomic E-state index is -1.40. The molecule has 2 rings (SSSR count). The molecule has 4 atom stereocenters. The quantitative estimate of drug-likeness (QED) is 0.135. The number of aliphatic carboxylic acids is 2. The Balaban J connectivity index is 2.25. The van der Waals surface area contributed by atoms with Gasteiger partial charge in [0, 0.05) is 30.5 Å². The van der Waals surface area contributed by atoms with E-state index in [-0.39, 0.29) is 18.6 Å². The second-order valence-electron chi connectivity index (χ2n) is 7.88. The molecule has 1 heterocycles. The predicted molar refractivity (Wildman–Crippen MR) is 130 cm³/mol. The average Bonchev–Trinajstić information content (AvgIpc) is 3.34. The maximum absolute atomic E-state index is 13.2. The molecular weight excluding hydrogens is 492 g/mol. The lowest BCUT2D eigenvalue weighted by molar-refractivity contribution is -0.141. The van der Waals surface area contributed by atoms with Gasteiger partial charge in [-0.2, -0.15) is 12.6 Å². The highest BCUT2D eigenvalue weighted by atomic mass is 32.1. The van der Waals surface area contributed by atoms with Crippen molar-refractivity contribution in [3.05, 3.63) is 54.1 Å². The monoisotopic (exact) mass is 520 g/mol. The van der Waals surface area contributed by atoms with Gasteiger partial charge in [-0.25, -0.2) is 9.78 Å². The Morgan fingerprint density at radius 1 is 0.917 bits per heavy atom. The van der Waals surface area contributed by atoms with Crippen LogP contribution < -0.4 is 21.7 Å². The van der Waals surface area contributed by atoms with E-state index in [1.165, 1.54) is 12.5 Å². The number of thiol groups is 1. The lowest BCUT2D eigenvalue weighted by Gasteiger charge is -2.25. The van der Waals surface area contributed by atoms with Crippen LogP contribution in [0.2, 0.25) is 0 Å². The molecule has 0 saturated carbocycles. The van der Waals surface area contributed by atoms with E-state index in [0.717, 1.165) is 0 Å². The van der Waals surface area contributed by atoms with Crippen LogP contribution in [0, 0.1) is 0 Å². The average molecular weight is 521 g/mol. The highest BCUT2D eigenvalue weighted by Crippen LogP contribution is 2.07. The van der Waals surface area contributed by atoms with Gasteiger partial charge < -0.3 is 36.9 Å². The molecule has 1 aromatic heterocycles. The number of nitrogens with zero attached hydrogens (tertiary/aromatic N) is 1. The van der Waals surface area contributed by atoms with Crippen molar-refractivity contribution in [3.63, 3.8) is 0 Å². The number of benzene rings is 1. The summed E-state index contributed by atoms with van der Waals surface area (Å²) in [5, 5.41) is 25.4. The zero-order valence-electron chi connectivity index (χ0n) is 19.1. The number of carboxylic acid groups (broad SMARTS) is 2. The van der Waals surface area contributed by atoms with Crippen LogP contribution in [0.15, 0.2) is 42.9 Å². The fraction of sp³-hybridized carbons (Fsp3) is 0.364. The molecule has 3 amide bonds. The molecule has 0 aliphatic carbocycles. The summed E-state index contributed by atoms with van der Waals surface area (Å²) in [6.45, 7) is 0. The fourth-order valence-electron chi connectivity index (χ4n) is 3.17. The third-order valence-corrected chi connectivity index (χ3v) is 5.42. The largest absolute Gasteiger partial charge is 0.481 e. The number of hydrogen-bond donors (Lipinski definition) is 8. The predicted octanol–water partition coefficient (Wildman–Crippen LogP) is -1.53. The molecule has 194 valence electrons. The number of aromatic amines is 1. The third-order valence-electron chi connectivity index (χ3n) is 5.06. The van der Waals surface area contributed by atoms with Gasteiger partial charge in [-0.1, -0.05) is 30.3 Å². The number of carbonyl (C=O) groups excluding carboxylic acids is 3. The van der Waals surface area contributed by atoms with Crippen LogP contribution in [0.3, 0.4) is 0 Å². The number of carboxylic acids is 2. The third kappa shape index (κ3) is 9.03. The first kappa shape index (κ1) is 28.3. The molecule has 0 spiro atoms. The minimum Gasteiger partial charge on any atom is -0.481 e. The number of hydrogen-bond acceptors (Lipinski definition) is 8. The summed E-state index contributed by atoms with van der Waals surface area (Å²) in [4.78, 5) is 67.5. The summed E-state index contributed by atoms with van der Waals surface area (Å²) in [7, 11) is 0. The normalized spacial score (nSPS) is 14.1. The van der Waals surface area contributed by atoms with Crippen LogP contribution in [0.5, 0.6) is 0 Å². The van der Waals surface area contributed by atoms with E-state index in [2.05, 4.69) is 38.5 Å². The highest BCUT2D eigenvalue weighted by molar-refractivity contribution is 7.80. The first-order valence-corrected chi connectivity index (χ1v) is 11.5. The van der Waals surface area contributed by atoms with Gasteiger partial charge in [-0.3, -0.25) is 19.2 Å². The second kappa shape index (κ2) is 13.8. The van der Waals surface area contributed by atoms with Crippen molar-refractivity contribution in [3.8, 4) is 0 Å². The Morgan fingerprint density at radius 3 is 2.03 bits per heavy atom.